The van der Waals surface area contributed by atoms with Crippen molar-refractivity contribution in [2.24, 2.45) is 0 Å². The molecule has 0 spiro atoms. The summed E-state index contributed by atoms with van der Waals surface area (Å²) in [7, 11) is 0. The normalized spacial score (nSPS) is 11.5. The molecule has 28 heavy (non-hydrogen) atoms. The number of hydrogen-bond acceptors (Lipinski definition) is 3. The molecule has 0 aliphatic carbocycles. The molecule has 6 heteroatoms. The minimum Gasteiger partial charge on any atom is -0.452 e. The van der Waals surface area contributed by atoms with E-state index in [1.807, 2.05) is 42.5 Å². The maximum absolute atomic E-state index is 12.9. The molecule has 3 rings (SSSR count). The van der Waals surface area contributed by atoms with E-state index in [1.165, 1.54) is 12.1 Å². The van der Waals surface area contributed by atoms with Crippen LogP contribution in [0.15, 0.2) is 78.9 Å². The van der Waals surface area contributed by atoms with Gasteiger partial charge in [-0.15, -0.1) is 0 Å². The summed E-state index contributed by atoms with van der Waals surface area (Å²) in [5.74, 6) is -1.61. The van der Waals surface area contributed by atoms with Gasteiger partial charge in [-0.05, 0) is 47.5 Å². The largest absolute Gasteiger partial charge is 0.452 e. The smallest absolute Gasteiger partial charge is 0.338 e. The zero-order valence-corrected chi connectivity index (χ0v) is 15.5. The van der Waals surface area contributed by atoms with Gasteiger partial charge in [-0.25, -0.2) is 9.18 Å². The third-order valence-corrected chi connectivity index (χ3v) is 4.31. The second-order valence-electron chi connectivity index (χ2n) is 6.05. The van der Waals surface area contributed by atoms with Gasteiger partial charge in [0.05, 0.1) is 11.6 Å². The molecule has 0 fully saturated rings. The Morgan fingerprint density at radius 3 is 2.14 bits per heavy atom. The molecule has 0 bridgehead atoms. The molecule has 3 aromatic carbocycles. The molecule has 0 heterocycles. The van der Waals surface area contributed by atoms with Crippen LogP contribution in [0.25, 0.3) is 0 Å². The fourth-order valence-corrected chi connectivity index (χ4v) is 2.79. The first-order valence-electron chi connectivity index (χ1n) is 8.55. The van der Waals surface area contributed by atoms with Gasteiger partial charge >= 0.3 is 5.97 Å². The van der Waals surface area contributed by atoms with Crippen LogP contribution >= 0.6 is 11.6 Å². The van der Waals surface area contributed by atoms with Crippen LogP contribution in [0.1, 0.15) is 27.5 Å². The van der Waals surface area contributed by atoms with Crippen molar-refractivity contribution in [3.8, 4) is 0 Å². The molecule has 0 radical (unpaired) electrons. The SMILES string of the molecule is O=C(COC(=O)c1ccc(F)cc1)NC(c1ccccc1)c1ccc(Cl)cc1. The van der Waals surface area contributed by atoms with E-state index < -0.39 is 30.3 Å². The highest BCUT2D eigenvalue weighted by atomic mass is 35.5. The molecule has 1 unspecified atom stereocenters. The van der Waals surface area contributed by atoms with E-state index in [-0.39, 0.29) is 5.56 Å². The number of nitrogens with one attached hydrogen (secondary N) is 1. The van der Waals surface area contributed by atoms with Crippen molar-refractivity contribution < 1.29 is 18.7 Å². The molecule has 3 aromatic rings. The molecule has 0 saturated heterocycles. The zero-order valence-electron chi connectivity index (χ0n) is 14.8. The summed E-state index contributed by atoms with van der Waals surface area (Å²) in [5.41, 5.74) is 1.89. The lowest BCUT2D eigenvalue weighted by Crippen LogP contribution is -2.33. The molecule has 142 valence electrons. The van der Waals surface area contributed by atoms with Crippen LogP contribution in [0, 0.1) is 5.82 Å². The average molecular weight is 398 g/mol. The first-order chi connectivity index (χ1) is 13.5. The molecule has 0 aromatic heterocycles. The molecular formula is C22H17ClFNO3. The molecule has 0 aliphatic heterocycles. The van der Waals surface area contributed by atoms with Crippen LogP contribution in [-0.4, -0.2) is 18.5 Å². The van der Waals surface area contributed by atoms with Gasteiger partial charge < -0.3 is 10.1 Å². The lowest BCUT2D eigenvalue weighted by molar-refractivity contribution is -0.124. The number of carbonyl (C=O) groups is 2. The summed E-state index contributed by atoms with van der Waals surface area (Å²) in [4.78, 5) is 24.4. The molecule has 0 saturated carbocycles. The fraction of sp³-hybridized carbons (Fsp3) is 0.0909. The summed E-state index contributed by atoms with van der Waals surface area (Å²) >= 11 is 5.95. The van der Waals surface area contributed by atoms with E-state index in [0.29, 0.717) is 5.02 Å². The molecule has 1 atom stereocenters. The van der Waals surface area contributed by atoms with Crippen molar-refractivity contribution in [3.05, 3.63) is 106 Å². The molecule has 1 amide bonds. The maximum Gasteiger partial charge on any atom is 0.338 e. The van der Waals surface area contributed by atoms with Crippen molar-refractivity contribution in [1.82, 2.24) is 5.32 Å². The summed E-state index contributed by atoms with van der Waals surface area (Å²) < 4.78 is 18.0. The van der Waals surface area contributed by atoms with E-state index >= 15 is 0 Å². The monoisotopic (exact) mass is 397 g/mol. The Kier molecular flexibility index (Phi) is 6.40. The van der Waals surface area contributed by atoms with Crippen molar-refractivity contribution in [2.75, 3.05) is 6.61 Å². The lowest BCUT2D eigenvalue weighted by atomic mass is 9.99. The molecule has 4 nitrogen and oxygen atoms in total. The Morgan fingerprint density at radius 1 is 0.893 bits per heavy atom. The average Bonchev–Trinajstić information content (AvgIpc) is 2.72. The highest BCUT2D eigenvalue weighted by Gasteiger charge is 2.18. The van der Waals surface area contributed by atoms with E-state index in [1.54, 1.807) is 12.1 Å². The van der Waals surface area contributed by atoms with Crippen LogP contribution in [0.2, 0.25) is 5.02 Å². The molecular weight excluding hydrogens is 381 g/mol. The van der Waals surface area contributed by atoms with Crippen molar-refractivity contribution in [1.29, 1.82) is 0 Å². The lowest BCUT2D eigenvalue weighted by Gasteiger charge is -2.20. The number of benzene rings is 3. The number of esters is 1. The highest BCUT2D eigenvalue weighted by molar-refractivity contribution is 6.30. The Labute approximate surface area is 166 Å². The standard InChI is InChI=1S/C22H17ClFNO3/c23-18-10-6-16(7-11-18)21(15-4-2-1-3-5-15)25-20(26)14-28-22(27)17-8-12-19(24)13-9-17/h1-13,21H,14H2,(H,25,26). The third kappa shape index (κ3) is 5.18. The van der Waals surface area contributed by atoms with Gasteiger partial charge in [-0.2, -0.15) is 0 Å². The first-order valence-corrected chi connectivity index (χ1v) is 8.93. The van der Waals surface area contributed by atoms with Gasteiger partial charge in [0.2, 0.25) is 0 Å². The van der Waals surface area contributed by atoms with Crippen molar-refractivity contribution in [3.63, 3.8) is 0 Å². The van der Waals surface area contributed by atoms with E-state index in [0.717, 1.165) is 23.3 Å². The second-order valence-corrected chi connectivity index (χ2v) is 6.48. The predicted octanol–water partition coefficient (Wildman–Crippen LogP) is 4.54. The molecule has 0 aliphatic rings. The number of hydrogen-bond donors (Lipinski definition) is 1. The van der Waals surface area contributed by atoms with Crippen molar-refractivity contribution in [2.45, 2.75) is 6.04 Å². The minimum absolute atomic E-state index is 0.173. The van der Waals surface area contributed by atoms with Crippen molar-refractivity contribution >= 4 is 23.5 Å². The third-order valence-electron chi connectivity index (χ3n) is 4.06. The minimum atomic E-state index is -0.696. The Hall–Kier alpha value is -3.18. The summed E-state index contributed by atoms with van der Waals surface area (Å²) in [5, 5.41) is 3.46. The number of ether oxygens (including phenoxy) is 1. The topological polar surface area (TPSA) is 55.4 Å². The Bertz CT molecular complexity index is 944. The van der Waals surface area contributed by atoms with Crippen LogP contribution in [0.5, 0.6) is 0 Å². The zero-order chi connectivity index (χ0) is 19.9. The van der Waals surface area contributed by atoms with Gasteiger partial charge in [0, 0.05) is 5.02 Å². The van der Waals surface area contributed by atoms with Gasteiger partial charge in [0.15, 0.2) is 6.61 Å². The van der Waals surface area contributed by atoms with Gasteiger partial charge in [0.1, 0.15) is 5.82 Å². The summed E-state index contributed by atoms with van der Waals surface area (Å²) in [6.07, 6.45) is 0. The number of carbonyl (C=O) groups excluding carboxylic acids is 2. The number of rotatable bonds is 6. The summed E-state index contributed by atoms with van der Waals surface area (Å²) in [6, 6.07) is 21.0. The van der Waals surface area contributed by atoms with E-state index in [2.05, 4.69) is 5.32 Å². The Morgan fingerprint density at radius 2 is 1.50 bits per heavy atom. The highest BCUT2D eigenvalue weighted by Crippen LogP contribution is 2.23. The van der Waals surface area contributed by atoms with Gasteiger partial charge in [0.25, 0.3) is 5.91 Å². The van der Waals surface area contributed by atoms with Gasteiger partial charge in [-0.1, -0.05) is 54.1 Å². The predicted molar refractivity (Wildman–Crippen MR) is 105 cm³/mol. The Balaban J connectivity index is 1.68. The van der Waals surface area contributed by atoms with Gasteiger partial charge in [-0.3, -0.25) is 4.79 Å². The maximum atomic E-state index is 12.9. The van der Waals surface area contributed by atoms with Crippen LogP contribution in [-0.2, 0) is 9.53 Å². The second kappa shape index (κ2) is 9.15. The summed E-state index contributed by atoms with van der Waals surface area (Å²) in [6.45, 7) is -0.451. The quantitative estimate of drug-likeness (QED) is 0.621. The van der Waals surface area contributed by atoms with Crippen LogP contribution in [0.3, 0.4) is 0 Å². The number of halogens is 2. The fourth-order valence-electron chi connectivity index (χ4n) is 2.66. The van der Waals surface area contributed by atoms with E-state index in [4.69, 9.17) is 16.3 Å². The first kappa shape index (κ1) is 19.6. The van der Waals surface area contributed by atoms with Crippen LogP contribution in [0.4, 0.5) is 4.39 Å². The van der Waals surface area contributed by atoms with E-state index in [9.17, 15) is 14.0 Å². The van der Waals surface area contributed by atoms with Crippen LogP contribution < -0.4 is 5.32 Å². The number of amides is 1. The molecule has 1 N–H and O–H groups in total.